The van der Waals surface area contributed by atoms with E-state index in [0.29, 0.717) is 5.65 Å². The smallest absolute Gasteiger partial charge is 0.343 e. The maximum absolute atomic E-state index is 15.0. The molecule has 0 spiro atoms. The van der Waals surface area contributed by atoms with Crippen molar-refractivity contribution in [2.75, 3.05) is 0 Å². The number of aromatic nitrogens is 2. The Kier molecular flexibility index (Phi) is 3.93. The van der Waals surface area contributed by atoms with Crippen molar-refractivity contribution in [3.8, 4) is 0 Å². The number of pyridine rings is 1. The lowest BCUT2D eigenvalue weighted by Gasteiger charge is -2.34. The topological polar surface area (TPSA) is 54.6 Å². The molecule has 0 saturated heterocycles. The van der Waals surface area contributed by atoms with Crippen LogP contribution in [-0.4, -0.2) is 26.2 Å². The largest absolute Gasteiger partial charge is 0.378 e. The molecule has 0 bridgehead atoms. The Labute approximate surface area is 137 Å². The van der Waals surface area contributed by atoms with Gasteiger partial charge in [0.05, 0.1) is 6.20 Å². The van der Waals surface area contributed by atoms with Crippen molar-refractivity contribution in [2.45, 2.75) is 24.9 Å². The minimum Gasteiger partial charge on any atom is -0.378 e. The second-order valence-corrected chi connectivity index (χ2v) is 5.56. The second kappa shape index (κ2) is 5.79. The summed E-state index contributed by atoms with van der Waals surface area (Å²) in [5.41, 5.74) is -2.47. The molecule has 24 heavy (non-hydrogen) atoms. The quantitative estimate of drug-likeness (QED) is 0.729. The zero-order chi connectivity index (χ0) is 17.4. The van der Waals surface area contributed by atoms with Crippen LogP contribution in [0.25, 0.3) is 5.65 Å². The summed E-state index contributed by atoms with van der Waals surface area (Å²) < 4.78 is 31.3. The fourth-order valence-corrected chi connectivity index (χ4v) is 2.77. The number of rotatable bonds is 5. The van der Waals surface area contributed by atoms with Gasteiger partial charge in [0, 0.05) is 6.20 Å². The lowest BCUT2D eigenvalue weighted by atomic mass is 9.82. The fraction of sp³-hybridized carbons (Fsp3) is 0.222. The molecule has 1 unspecified atom stereocenters. The monoisotopic (exact) mass is 330 g/mol. The van der Waals surface area contributed by atoms with E-state index >= 15 is 8.78 Å². The molecule has 124 valence electrons. The van der Waals surface area contributed by atoms with Crippen LogP contribution in [0, 0.1) is 0 Å². The SMILES string of the molecule is CCC(O)(c1ccccc1)C(F)(F)C(=O)c1cnc2ccccn12. The van der Waals surface area contributed by atoms with E-state index in [1.807, 2.05) is 0 Å². The summed E-state index contributed by atoms with van der Waals surface area (Å²) >= 11 is 0. The Balaban J connectivity index is 2.10. The van der Waals surface area contributed by atoms with Crippen molar-refractivity contribution in [3.05, 3.63) is 72.2 Å². The molecule has 0 aliphatic rings. The predicted octanol–water partition coefficient (Wildman–Crippen LogP) is 3.45. The van der Waals surface area contributed by atoms with Crippen molar-refractivity contribution in [1.29, 1.82) is 0 Å². The van der Waals surface area contributed by atoms with E-state index in [1.165, 1.54) is 29.7 Å². The predicted molar refractivity (Wildman–Crippen MR) is 85.1 cm³/mol. The first-order valence-electron chi connectivity index (χ1n) is 7.54. The molecule has 4 nitrogen and oxygen atoms in total. The number of halogens is 2. The Bertz CT molecular complexity index is 877. The van der Waals surface area contributed by atoms with E-state index in [4.69, 9.17) is 0 Å². The molecule has 1 N–H and O–H groups in total. The molecule has 0 amide bonds. The van der Waals surface area contributed by atoms with E-state index in [9.17, 15) is 9.90 Å². The van der Waals surface area contributed by atoms with Crippen molar-refractivity contribution in [2.24, 2.45) is 0 Å². The molecular weight excluding hydrogens is 314 g/mol. The van der Waals surface area contributed by atoms with Crippen molar-refractivity contribution in [3.63, 3.8) is 0 Å². The third kappa shape index (κ3) is 2.30. The lowest BCUT2D eigenvalue weighted by Crippen LogP contribution is -2.50. The van der Waals surface area contributed by atoms with E-state index in [0.717, 1.165) is 6.20 Å². The number of carbonyl (C=O) groups excluding carboxylic acids is 1. The van der Waals surface area contributed by atoms with Crippen LogP contribution in [0.5, 0.6) is 0 Å². The first-order valence-corrected chi connectivity index (χ1v) is 7.54. The molecule has 1 aromatic carbocycles. The molecular formula is C18H16F2N2O2. The van der Waals surface area contributed by atoms with Gasteiger partial charge >= 0.3 is 5.92 Å². The van der Waals surface area contributed by atoms with Crippen molar-refractivity contribution >= 4 is 11.4 Å². The number of Topliss-reactive ketones (excluding diaryl/α,β-unsaturated/α-hetero) is 1. The number of fused-ring (bicyclic) bond motifs is 1. The van der Waals surface area contributed by atoms with Crippen LogP contribution in [0.2, 0.25) is 0 Å². The van der Waals surface area contributed by atoms with Gasteiger partial charge in [-0.1, -0.05) is 43.3 Å². The fourth-order valence-electron chi connectivity index (χ4n) is 2.77. The van der Waals surface area contributed by atoms with Crippen LogP contribution in [0.1, 0.15) is 29.4 Å². The Hall–Kier alpha value is -2.60. The maximum Gasteiger partial charge on any atom is 0.343 e. The third-order valence-corrected chi connectivity index (χ3v) is 4.22. The molecule has 3 rings (SSSR count). The van der Waals surface area contributed by atoms with E-state index in [2.05, 4.69) is 4.98 Å². The molecule has 0 saturated carbocycles. The highest BCUT2D eigenvalue weighted by atomic mass is 19.3. The minimum absolute atomic E-state index is 0.000305. The van der Waals surface area contributed by atoms with Gasteiger partial charge in [0.2, 0.25) is 0 Å². The van der Waals surface area contributed by atoms with Gasteiger partial charge in [-0.05, 0) is 24.1 Å². The van der Waals surface area contributed by atoms with Crippen LogP contribution in [0.4, 0.5) is 8.78 Å². The first kappa shape index (κ1) is 16.3. The number of alkyl halides is 2. The molecule has 2 aromatic heterocycles. The summed E-state index contributed by atoms with van der Waals surface area (Å²) in [5, 5.41) is 10.7. The molecule has 0 radical (unpaired) electrons. The molecule has 3 aromatic rings. The van der Waals surface area contributed by atoms with Gasteiger partial charge in [0.1, 0.15) is 11.3 Å². The molecule has 6 heteroatoms. The van der Waals surface area contributed by atoms with Gasteiger partial charge < -0.3 is 5.11 Å². The second-order valence-electron chi connectivity index (χ2n) is 5.56. The normalized spacial score (nSPS) is 14.5. The molecule has 1 atom stereocenters. The summed E-state index contributed by atoms with van der Waals surface area (Å²) in [4.78, 5) is 16.5. The molecule has 2 heterocycles. The maximum atomic E-state index is 15.0. The Morgan fingerprint density at radius 1 is 1.17 bits per heavy atom. The lowest BCUT2D eigenvalue weighted by molar-refractivity contribution is -0.158. The number of imidazole rings is 1. The minimum atomic E-state index is -4.01. The van der Waals surface area contributed by atoms with Crippen LogP contribution in [0.15, 0.2) is 60.9 Å². The van der Waals surface area contributed by atoms with Crippen molar-refractivity contribution in [1.82, 2.24) is 9.38 Å². The molecule has 0 aliphatic carbocycles. The number of benzene rings is 1. The highest BCUT2D eigenvalue weighted by Gasteiger charge is 2.58. The van der Waals surface area contributed by atoms with Gasteiger partial charge in [-0.2, -0.15) is 8.78 Å². The zero-order valence-electron chi connectivity index (χ0n) is 13.0. The standard InChI is InChI=1S/C18H16F2N2O2/c1-2-17(24,13-8-4-3-5-9-13)18(19,20)16(23)14-12-21-15-10-6-7-11-22(14)15/h3-12,24H,2H2,1H3. The molecule has 0 fully saturated rings. The Morgan fingerprint density at radius 3 is 2.50 bits per heavy atom. The van der Waals surface area contributed by atoms with E-state index < -0.39 is 17.3 Å². The molecule has 0 aliphatic heterocycles. The number of aliphatic hydroxyl groups is 1. The summed E-state index contributed by atoms with van der Waals surface area (Å²) in [5.74, 6) is -5.47. The van der Waals surface area contributed by atoms with Crippen LogP contribution >= 0.6 is 0 Å². The van der Waals surface area contributed by atoms with E-state index in [-0.39, 0.29) is 17.7 Å². The first-order chi connectivity index (χ1) is 11.4. The number of nitrogens with zero attached hydrogens (tertiary/aromatic N) is 2. The van der Waals surface area contributed by atoms with Gasteiger partial charge in [0.25, 0.3) is 5.78 Å². The van der Waals surface area contributed by atoms with E-state index in [1.54, 1.807) is 36.4 Å². The third-order valence-electron chi connectivity index (χ3n) is 4.22. The van der Waals surface area contributed by atoms with Gasteiger partial charge in [-0.25, -0.2) is 4.98 Å². The summed E-state index contributed by atoms with van der Waals surface area (Å²) in [6.45, 7) is 1.42. The van der Waals surface area contributed by atoms with Crippen LogP contribution in [-0.2, 0) is 5.60 Å². The van der Waals surface area contributed by atoms with Gasteiger partial charge in [0.15, 0.2) is 5.60 Å². The average Bonchev–Trinajstić information content (AvgIpc) is 3.04. The Morgan fingerprint density at radius 2 is 1.83 bits per heavy atom. The van der Waals surface area contributed by atoms with Crippen LogP contribution < -0.4 is 0 Å². The van der Waals surface area contributed by atoms with Gasteiger partial charge in [-0.3, -0.25) is 9.20 Å². The number of hydrogen-bond acceptors (Lipinski definition) is 3. The number of carbonyl (C=O) groups is 1. The van der Waals surface area contributed by atoms with Crippen molar-refractivity contribution < 1.29 is 18.7 Å². The van der Waals surface area contributed by atoms with Crippen LogP contribution in [0.3, 0.4) is 0 Å². The number of ketones is 1. The summed E-state index contributed by atoms with van der Waals surface area (Å²) in [6.07, 6.45) is 2.28. The zero-order valence-corrected chi connectivity index (χ0v) is 13.0. The highest BCUT2D eigenvalue weighted by Crippen LogP contribution is 2.42. The van der Waals surface area contributed by atoms with Gasteiger partial charge in [-0.15, -0.1) is 0 Å². The summed E-state index contributed by atoms with van der Waals surface area (Å²) in [6, 6.07) is 12.4. The average molecular weight is 330 g/mol. The highest BCUT2D eigenvalue weighted by molar-refractivity contribution is 6.01. The summed E-state index contributed by atoms with van der Waals surface area (Å²) in [7, 11) is 0. The number of hydrogen-bond donors (Lipinski definition) is 1.